The van der Waals surface area contributed by atoms with Crippen molar-refractivity contribution in [3.05, 3.63) is 120 Å². The predicted octanol–water partition coefficient (Wildman–Crippen LogP) is 9.00. The number of benzene rings is 3. The molecule has 0 aliphatic rings. The third-order valence-electron chi connectivity index (χ3n) is 6.11. The summed E-state index contributed by atoms with van der Waals surface area (Å²) in [4.78, 5) is 0. The molecule has 0 bridgehead atoms. The lowest BCUT2D eigenvalue weighted by atomic mass is 9.98. The third kappa shape index (κ3) is 7.19. The number of anilines is 1. The molecule has 0 atom stereocenters. The molecule has 0 saturated heterocycles. The summed E-state index contributed by atoms with van der Waals surface area (Å²) in [5, 5.41) is 19.2. The molecule has 0 spiro atoms. The molecule has 0 heterocycles. The van der Waals surface area contributed by atoms with Gasteiger partial charge in [0.2, 0.25) is 0 Å². The van der Waals surface area contributed by atoms with Crippen molar-refractivity contribution in [1.82, 2.24) is 5.32 Å². The van der Waals surface area contributed by atoms with E-state index in [4.69, 9.17) is 0 Å². The largest absolute Gasteiger partial charge is 0.506 e. The van der Waals surface area contributed by atoms with Gasteiger partial charge >= 0.3 is 0 Å². The molecule has 3 rings (SSSR count). The van der Waals surface area contributed by atoms with E-state index in [2.05, 4.69) is 68.5 Å². The van der Waals surface area contributed by atoms with Crippen LogP contribution >= 0.6 is 12.6 Å². The number of unbranched alkanes of at least 4 members (excludes halogenated alkanes) is 2. The molecular formula is C32H36N2OS. The maximum atomic E-state index is 10.8. The first-order valence-electron chi connectivity index (χ1n) is 12.3. The normalized spacial score (nSPS) is 11.8. The summed E-state index contributed by atoms with van der Waals surface area (Å²) in [7, 11) is 0. The maximum absolute atomic E-state index is 10.8. The number of rotatable bonds is 12. The maximum Gasteiger partial charge on any atom is 0.139 e. The van der Waals surface area contributed by atoms with Crippen LogP contribution in [0.1, 0.15) is 50.7 Å². The first-order valence-corrected chi connectivity index (χ1v) is 12.9. The van der Waals surface area contributed by atoms with Crippen LogP contribution < -0.4 is 10.6 Å². The van der Waals surface area contributed by atoms with Crippen LogP contribution in [0.3, 0.4) is 0 Å². The molecule has 0 amide bonds. The fourth-order valence-corrected chi connectivity index (χ4v) is 4.19. The van der Waals surface area contributed by atoms with Crippen molar-refractivity contribution in [2.75, 3.05) is 5.32 Å². The molecule has 3 aromatic rings. The summed E-state index contributed by atoms with van der Waals surface area (Å²) in [5.41, 5.74) is 8.22. The van der Waals surface area contributed by atoms with Crippen LogP contribution in [0.2, 0.25) is 0 Å². The second-order valence-electron chi connectivity index (χ2n) is 8.82. The minimum absolute atomic E-state index is 0.128. The molecule has 3 N–H and O–H groups in total. The van der Waals surface area contributed by atoms with Gasteiger partial charge in [-0.1, -0.05) is 93.6 Å². The summed E-state index contributed by atoms with van der Waals surface area (Å²) in [5.74, 6) is 0.128. The van der Waals surface area contributed by atoms with Gasteiger partial charge in [-0.2, -0.15) is 12.6 Å². The van der Waals surface area contributed by atoms with Gasteiger partial charge in [-0.3, -0.25) is 0 Å². The number of thiol groups is 1. The standard InChI is InChI=1S/C32H36N2OS/c1-5-6-8-13-23(2)30(20-21-36)33-24(3)27-18-19-31(32(35)22-27)34-25(4)28-16-11-12-17-29(28)26-14-9-7-10-15-26/h7,9-12,14-22,33-36H,3-6,8,13H2,1-2H3/b21-20-,30-23-. The SMILES string of the molecule is C=C(NC(/C=C\S)=C(/C)CCCCC)c1ccc(NC(=C)c2ccccc2-c2ccccc2)c(O)c1. The van der Waals surface area contributed by atoms with E-state index >= 15 is 0 Å². The van der Waals surface area contributed by atoms with E-state index in [1.165, 1.54) is 18.4 Å². The monoisotopic (exact) mass is 496 g/mol. The van der Waals surface area contributed by atoms with Crippen LogP contribution in [0.4, 0.5) is 5.69 Å². The Bertz CT molecular complexity index is 1260. The first-order chi connectivity index (χ1) is 17.4. The number of nitrogens with one attached hydrogen (secondary N) is 2. The van der Waals surface area contributed by atoms with Gasteiger partial charge in [0.15, 0.2) is 0 Å². The fourth-order valence-electron chi connectivity index (χ4n) is 4.05. The fraction of sp³-hybridized carbons (Fsp3) is 0.188. The van der Waals surface area contributed by atoms with Crippen molar-refractivity contribution in [1.29, 1.82) is 0 Å². The van der Waals surface area contributed by atoms with Crippen LogP contribution in [0.5, 0.6) is 5.75 Å². The Morgan fingerprint density at radius 3 is 2.36 bits per heavy atom. The van der Waals surface area contributed by atoms with Crippen LogP contribution in [-0.4, -0.2) is 5.11 Å². The van der Waals surface area contributed by atoms with E-state index in [0.717, 1.165) is 40.8 Å². The van der Waals surface area contributed by atoms with Crippen molar-refractivity contribution in [2.24, 2.45) is 0 Å². The van der Waals surface area contributed by atoms with Crippen LogP contribution in [0.25, 0.3) is 22.5 Å². The summed E-state index contributed by atoms with van der Waals surface area (Å²) in [6.45, 7) is 12.8. The number of hydrogen-bond donors (Lipinski definition) is 4. The van der Waals surface area contributed by atoms with Gasteiger partial charge in [0.25, 0.3) is 0 Å². The van der Waals surface area contributed by atoms with Crippen molar-refractivity contribution in [3.8, 4) is 16.9 Å². The lowest BCUT2D eigenvalue weighted by Gasteiger charge is -2.17. The Morgan fingerprint density at radius 1 is 0.944 bits per heavy atom. The average Bonchev–Trinajstić information content (AvgIpc) is 2.90. The molecule has 36 heavy (non-hydrogen) atoms. The highest BCUT2D eigenvalue weighted by Gasteiger charge is 2.11. The van der Waals surface area contributed by atoms with E-state index in [1.54, 1.807) is 11.5 Å². The zero-order valence-electron chi connectivity index (χ0n) is 21.2. The summed E-state index contributed by atoms with van der Waals surface area (Å²) in [6, 6.07) is 23.8. The molecule has 0 aliphatic heterocycles. The molecule has 186 valence electrons. The Hall–Kier alpha value is -3.63. The topological polar surface area (TPSA) is 44.3 Å². The molecule has 0 aromatic heterocycles. The molecule has 0 unspecified atom stereocenters. The summed E-state index contributed by atoms with van der Waals surface area (Å²) >= 11 is 4.25. The lowest BCUT2D eigenvalue weighted by molar-refractivity contribution is 0.477. The molecule has 3 nitrogen and oxygen atoms in total. The number of allylic oxidation sites excluding steroid dienone is 2. The molecule has 0 aliphatic carbocycles. The Labute approximate surface area is 221 Å². The highest BCUT2D eigenvalue weighted by atomic mass is 32.1. The van der Waals surface area contributed by atoms with Gasteiger partial charge in [-0.15, -0.1) is 0 Å². The minimum Gasteiger partial charge on any atom is -0.506 e. The van der Waals surface area contributed by atoms with E-state index < -0.39 is 0 Å². The molecule has 4 heteroatoms. The van der Waals surface area contributed by atoms with E-state index in [9.17, 15) is 5.11 Å². The smallest absolute Gasteiger partial charge is 0.139 e. The number of hydrogen-bond acceptors (Lipinski definition) is 4. The second kappa shape index (κ2) is 13.5. The van der Waals surface area contributed by atoms with Gasteiger partial charge in [0, 0.05) is 28.2 Å². The van der Waals surface area contributed by atoms with Crippen molar-refractivity contribution in [2.45, 2.75) is 39.5 Å². The van der Waals surface area contributed by atoms with E-state index in [-0.39, 0.29) is 5.75 Å². The van der Waals surface area contributed by atoms with Crippen molar-refractivity contribution < 1.29 is 5.11 Å². The second-order valence-corrected chi connectivity index (χ2v) is 9.12. The Balaban J connectivity index is 1.76. The quantitative estimate of drug-likeness (QED) is 0.0875. The predicted molar refractivity (Wildman–Crippen MR) is 160 cm³/mol. The Kier molecular flexibility index (Phi) is 10.1. The van der Waals surface area contributed by atoms with Crippen molar-refractivity contribution in [3.63, 3.8) is 0 Å². The molecule has 0 radical (unpaired) electrons. The zero-order chi connectivity index (χ0) is 25.9. The third-order valence-corrected chi connectivity index (χ3v) is 6.26. The first kappa shape index (κ1) is 27.0. The van der Waals surface area contributed by atoms with Gasteiger partial charge in [-0.05, 0) is 60.1 Å². The summed E-state index contributed by atoms with van der Waals surface area (Å²) in [6.07, 6.45) is 6.51. The van der Waals surface area contributed by atoms with Crippen molar-refractivity contribution >= 4 is 29.7 Å². The molecule has 0 saturated carbocycles. The number of aromatic hydroxyl groups is 1. The summed E-state index contributed by atoms with van der Waals surface area (Å²) < 4.78 is 0. The Morgan fingerprint density at radius 2 is 1.67 bits per heavy atom. The van der Waals surface area contributed by atoms with Gasteiger partial charge in [0.1, 0.15) is 5.75 Å². The van der Waals surface area contributed by atoms with E-state index in [1.807, 2.05) is 54.6 Å². The van der Waals surface area contributed by atoms with Crippen LogP contribution in [0.15, 0.2) is 109 Å². The number of phenolic OH excluding ortho intramolecular Hbond substituents is 1. The van der Waals surface area contributed by atoms with Gasteiger partial charge in [0.05, 0.1) is 5.69 Å². The highest BCUT2D eigenvalue weighted by Crippen LogP contribution is 2.33. The molecular weight excluding hydrogens is 460 g/mol. The highest BCUT2D eigenvalue weighted by molar-refractivity contribution is 7.83. The minimum atomic E-state index is 0.128. The molecule has 3 aromatic carbocycles. The zero-order valence-corrected chi connectivity index (χ0v) is 22.1. The average molecular weight is 497 g/mol. The number of phenols is 1. The van der Waals surface area contributed by atoms with Gasteiger partial charge in [-0.25, -0.2) is 0 Å². The van der Waals surface area contributed by atoms with E-state index in [0.29, 0.717) is 17.1 Å². The van der Waals surface area contributed by atoms with Crippen LogP contribution in [0, 0.1) is 0 Å². The van der Waals surface area contributed by atoms with Gasteiger partial charge < -0.3 is 15.7 Å². The lowest BCUT2D eigenvalue weighted by Crippen LogP contribution is -2.11. The van der Waals surface area contributed by atoms with Crippen LogP contribution in [-0.2, 0) is 0 Å². The molecule has 0 fully saturated rings.